The maximum atomic E-state index is 13.0. The van der Waals surface area contributed by atoms with Crippen molar-refractivity contribution in [3.05, 3.63) is 26.9 Å². The van der Waals surface area contributed by atoms with E-state index >= 15 is 0 Å². The van der Waals surface area contributed by atoms with E-state index < -0.39 is 5.82 Å². The molecule has 0 unspecified atom stereocenters. The summed E-state index contributed by atoms with van der Waals surface area (Å²) in [4.78, 5) is 10.5. The van der Waals surface area contributed by atoms with Gasteiger partial charge in [-0.05, 0) is 22.0 Å². The summed E-state index contributed by atoms with van der Waals surface area (Å²) in [5.74, 6) is -0.419. The van der Waals surface area contributed by atoms with E-state index in [1.807, 2.05) is 0 Å². The Morgan fingerprint density at radius 3 is 2.77 bits per heavy atom. The molecular formula is C8H5BrClFO2. The molecule has 70 valence electrons. The molecule has 0 bridgehead atoms. The number of hydrogen-bond donors (Lipinski definition) is 0. The summed E-state index contributed by atoms with van der Waals surface area (Å²) in [7, 11) is 1.38. The number of methoxy groups -OCH3 is 1. The molecule has 0 saturated heterocycles. The van der Waals surface area contributed by atoms with Gasteiger partial charge in [-0.15, -0.1) is 0 Å². The number of carbonyl (C=O) groups is 1. The smallest absolute Gasteiger partial charge is 0.153 e. The minimum atomic E-state index is -0.656. The summed E-state index contributed by atoms with van der Waals surface area (Å²) in [5.41, 5.74) is 0.122. The summed E-state index contributed by atoms with van der Waals surface area (Å²) in [5, 5.41) is -0.0950. The lowest BCUT2D eigenvalue weighted by atomic mass is 10.2. The van der Waals surface area contributed by atoms with Gasteiger partial charge in [-0.25, -0.2) is 4.39 Å². The molecule has 0 amide bonds. The highest BCUT2D eigenvalue weighted by atomic mass is 79.9. The van der Waals surface area contributed by atoms with Crippen molar-refractivity contribution in [3.8, 4) is 5.75 Å². The maximum absolute atomic E-state index is 13.0. The number of halogens is 3. The minimum absolute atomic E-state index is 0.0950. The first-order valence-corrected chi connectivity index (χ1v) is 4.45. The zero-order valence-electron chi connectivity index (χ0n) is 6.61. The number of ether oxygens (including phenoxy) is 1. The van der Waals surface area contributed by atoms with Gasteiger partial charge in [0.15, 0.2) is 6.29 Å². The fourth-order valence-corrected chi connectivity index (χ4v) is 1.61. The monoisotopic (exact) mass is 266 g/mol. The molecule has 0 radical (unpaired) electrons. The molecular weight excluding hydrogens is 262 g/mol. The summed E-state index contributed by atoms with van der Waals surface area (Å²) >= 11 is 8.60. The topological polar surface area (TPSA) is 26.3 Å². The third-order valence-electron chi connectivity index (χ3n) is 1.48. The molecule has 5 heteroatoms. The lowest BCUT2D eigenvalue weighted by molar-refractivity contribution is 0.112. The molecule has 0 aliphatic rings. The van der Waals surface area contributed by atoms with E-state index in [2.05, 4.69) is 15.9 Å². The summed E-state index contributed by atoms with van der Waals surface area (Å²) in [6, 6.07) is 1.03. The van der Waals surface area contributed by atoms with Crippen molar-refractivity contribution >= 4 is 33.8 Å². The molecule has 0 aromatic heterocycles. The number of carbonyl (C=O) groups excluding carboxylic acids is 1. The van der Waals surface area contributed by atoms with E-state index in [9.17, 15) is 9.18 Å². The van der Waals surface area contributed by atoms with Crippen LogP contribution in [0.15, 0.2) is 10.5 Å². The largest absolute Gasteiger partial charge is 0.495 e. The van der Waals surface area contributed by atoms with E-state index in [0.29, 0.717) is 6.29 Å². The highest BCUT2D eigenvalue weighted by Crippen LogP contribution is 2.36. The van der Waals surface area contributed by atoms with Gasteiger partial charge in [-0.1, -0.05) is 11.6 Å². The summed E-state index contributed by atoms with van der Waals surface area (Å²) in [6.07, 6.45) is 0.503. The lowest BCUT2D eigenvalue weighted by Crippen LogP contribution is -1.94. The van der Waals surface area contributed by atoms with Crippen LogP contribution in [0.4, 0.5) is 4.39 Å². The van der Waals surface area contributed by atoms with Crippen LogP contribution in [0.25, 0.3) is 0 Å². The van der Waals surface area contributed by atoms with Crippen molar-refractivity contribution in [1.82, 2.24) is 0 Å². The van der Waals surface area contributed by atoms with Crippen LogP contribution in [0.2, 0.25) is 5.02 Å². The first kappa shape index (κ1) is 10.5. The van der Waals surface area contributed by atoms with E-state index in [1.165, 1.54) is 7.11 Å². The molecule has 1 rings (SSSR count). The Morgan fingerprint density at radius 2 is 2.31 bits per heavy atom. The van der Waals surface area contributed by atoms with Gasteiger partial charge in [0.25, 0.3) is 0 Å². The summed E-state index contributed by atoms with van der Waals surface area (Å²) < 4.78 is 18.1. The molecule has 1 aromatic carbocycles. The van der Waals surface area contributed by atoms with Crippen LogP contribution in [-0.2, 0) is 0 Å². The normalized spacial score (nSPS) is 9.85. The first-order chi connectivity index (χ1) is 6.11. The van der Waals surface area contributed by atoms with Crippen molar-refractivity contribution < 1.29 is 13.9 Å². The Hall–Kier alpha value is -0.610. The van der Waals surface area contributed by atoms with E-state index in [4.69, 9.17) is 16.3 Å². The lowest BCUT2D eigenvalue weighted by Gasteiger charge is -2.07. The van der Waals surface area contributed by atoms with Crippen molar-refractivity contribution in [1.29, 1.82) is 0 Å². The van der Waals surface area contributed by atoms with Crippen LogP contribution in [-0.4, -0.2) is 13.4 Å². The Labute approximate surface area is 87.8 Å². The Balaban J connectivity index is 3.47. The minimum Gasteiger partial charge on any atom is -0.495 e. The zero-order valence-corrected chi connectivity index (χ0v) is 8.95. The van der Waals surface area contributed by atoms with Gasteiger partial charge in [-0.2, -0.15) is 0 Å². The van der Waals surface area contributed by atoms with Crippen molar-refractivity contribution in [3.63, 3.8) is 0 Å². The van der Waals surface area contributed by atoms with Gasteiger partial charge in [0.1, 0.15) is 11.6 Å². The second-order valence-electron chi connectivity index (χ2n) is 2.23. The molecule has 2 nitrogen and oxygen atoms in total. The van der Waals surface area contributed by atoms with Crippen molar-refractivity contribution in [2.24, 2.45) is 0 Å². The highest BCUT2D eigenvalue weighted by Gasteiger charge is 2.15. The summed E-state index contributed by atoms with van der Waals surface area (Å²) in [6.45, 7) is 0. The highest BCUT2D eigenvalue weighted by molar-refractivity contribution is 9.10. The maximum Gasteiger partial charge on any atom is 0.153 e. The standard InChI is InChI=1S/C8H5BrClFO2/c1-13-8-4(3-12)2-5(11)7(10)6(8)9/h2-3H,1H3. The van der Waals surface area contributed by atoms with Gasteiger partial charge >= 0.3 is 0 Å². The van der Waals surface area contributed by atoms with Gasteiger partial charge in [0, 0.05) is 0 Å². The van der Waals surface area contributed by atoms with Crippen molar-refractivity contribution in [2.75, 3.05) is 7.11 Å². The molecule has 0 aliphatic heterocycles. The predicted octanol–water partition coefficient (Wildman–Crippen LogP) is 3.06. The second-order valence-corrected chi connectivity index (χ2v) is 3.40. The van der Waals surface area contributed by atoms with Crippen LogP contribution >= 0.6 is 27.5 Å². The molecule has 0 atom stereocenters. The number of hydrogen-bond acceptors (Lipinski definition) is 2. The Morgan fingerprint density at radius 1 is 1.69 bits per heavy atom. The average Bonchev–Trinajstić information content (AvgIpc) is 2.13. The van der Waals surface area contributed by atoms with E-state index in [0.717, 1.165) is 6.07 Å². The van der Waals surface area contributed by atoms with Crippen molar-refractivity contribution in [2.45, 2.75) is 0 Å². The SMILES string of the molecule is COc1c(C=O)cc(F)c(Cl)c1Br. The molecule has 0 saturated carbocycles. The van der Waals surface area contributed by atoms with Crippen LogP contribution < -0.4 is 4.74 Å². The van der Waals surface area contributed by atoms with Crippen LogP contribution in [0.5, 0.6) is 5.75 Å². The molecule has 1 aromatic rings. The fraction of sp³-hybridized carbons (Fsp3) is 0.125. The number of benzene rings is 1. The Bertz CT molecular complexity index is 354. The third kappa shape index (κ3) is 1.84. The van der Waals surface area contributed by atoms with Gasteiger partial charge in [0.05, 0.1) is 22.2 Å². The third-order valence-corrected chi connectivity index (χ3v) is 2.83. The quantitative estimate of drug-likeness (QED) is 0.608. The molecule has 0 spiro atoms. The average molecular weight is 267 g/mol. The molecule has 0 N–H and O–H groups in total. The fourth-order valence-electron chi connectivity index (χ4n) is 0.892. The zero-order chi connectivity index (χ0) is 10.0. The molecule has 0 aliphatic carbocycles. The van der Waals surface area contributed by atoms with Gasteiger partial charge in [-0.3, -0.25) is 4.79 Å². The number of aldehydes is 1. The Kier molecular flexibility index (Phi) is 3.27. The van der Waals surface area contributed by atoms with E-state index in [-0.39, 0.29) is 20.8 Å². The second kappa shape index (κ2) is 4.07. The number of rotatable bonds is 2. The van der Waals surface area contributed by atoms with E-state index in [1.54, 1.807) is 0 Å². The molecule has 0 fully saturated rings. The van der Waals surface area contributed by atoms with Crippen LogP contribution in [0.3, 0.4) is 0 Å². The van der Waals surface area contributed by atoms with Crippen LogP contribution in [0, 0.1) is 5.82 Å². The van der Waals surface area contributed by atoms with Crippen LogP contribution in [0.1, 0.15) is 10.4 Å². The predicted molar refractivity (Wildman–Crippen MR) is 51.0 cm³/mol. The van der Waals surface area contributed by atoms with Gasteiger partial charge in [0.2, 0.25) is 0 Å². The first-order valence-electron chi connectivity index (χ1n) is 3.28. The van der Waals surface area contributed by atoms with Gasteiger partial charge < -0.3 is 4.74 Å². The molecule has 13 heavy (non-hydrogen) atoms. The molecule has 0 heterocycles.